The minimum Gasteiger partial charge on any atom is -0.383 e. The third-order valence-corrected chi connectivity index (χ3v) is 3.84. The first-order chi connectivity index (χ1) is 9.27. The Morgan fingerprint density at radius 1 is 1.47 bits per heavy atom. The van der Waals surface area contributed by atoms with Gasteiger partial charge in [-0.1, -0.05) is 6.92 Å². The van der Waals surface area contributed by atoms with Crippen molar-refractivity contribution in [1.29, 1.82) is 0 Å². The molecule has 2 rings (SSSR count). The van der Waals surface area contributed by atoms with E-state index in [1.165, 1.54) is 12.8 Å². The molecule has 0 amide bonds. The van der Waals surface area contributed by atoms with Gasteiger partial charge in [-0.25, -0.2) is 9.97 Å². The third-order valence-electron chi connectivity index (χ3n) is 3.11. The smallest absolute Gasteiger partial charge is 0.148 e. The van der Waals surface area contributed by atoms with Crippen LogP contribution in [0.25, 0.3) is 0 Å². The lowest BCUT2D eigenvalue weighted by molar-refractivity contribution is 0.204. The predicted molar refractivity (Wildman–Crippen MR) is 80.8 cm³/mol. The first-order valence-corrected chi connectivity index (χ1v) is 7.57. The standard InChI is InChI=1S/C13H21BrN4O/c1-3-6-15-12-11(14)13(17-9-16-12)18(7-8-19-2)10-4-5-10/h9-10H,3-8H2,1-2H3,(H,15,16,17). The molecule has 0 saturated heterocycles. The molecule has 1 saturated carbocycles. The van der Waals surface area contributed by atoms with Gasteiger partial charge in [0.1, 0.15) is 22.4 Å². The topological polar surface area (TPSA) is 50.3 Å². The summed E-state index contributed by atoms with van der Waals surface area (Å²) in [6, 6.07) is 0.598. The highest BCUT2D eigenvalue weighted by molar-refractivity contribution is 9.10. The van der Waals surface area contributed by atoms with Crippen molar-refractivity contribution < 1.29 is 4.74 Å². The van der Waals surface area contributed by atoms with Crippen molar-refractivity contribution in [3.63, 3.8) is 0 Å². The molecule has 5 nitrogen and oxygen atoms in total. The summed E-state index contributed by atoms with van der Waals surface area (Å²) in [5.74, 6) is 1.84. The number of hydrogen-bond acceptors (Lipinski definition) is 5. The summed E-state index contributed by atoms with van der Waals surface area (Å²) in [7, 11) is 1.73. The maximum Gasteiger partial charge on any atom is 0.148 e. The number of hydrogen-bond donors (Lipinski definition) is 1. The number of nitrogens with zero attached hydrogens (tertiary/aromatic N) is 3. The number of anilines is 2. The molecule has 0 bridgehead atoms. The van der Waals surface area contributed by atoms with Crippen molar-refractivity contribution in [3.05, 3.63) is 10.8 Å². The highest BCUT2D eigenvalue weighted by Crippen LogP contribution is 2.36. The van der Waals surface area contributed by atoms with E-state index in [-0.39, 0.29) is 0 Å². The quantitative estimate of drug-likeness (QED) is 0.795. The normalized spacial score (nSPS) is 14.5. The van der Waals surface area contributed by atoms with Gasteiger partial charge < -0.3 is 15.0 Å². The Labute approximate surface area is 122 Å². The molecular formula is C13H21BrN4O. The second kappa shape index (κ2) is 7.05. The number of nitrogens with one attached hydrogen (secondary N) is 1. The van der Waals surface area contributed by atoms with Gasteiger partial charge >= 0.3 is 0 Å². The zero-order valence-corrected chi connectivity index (χ0v) is 13.1. The van der Waals surface area contributed by atoms with Crippen LogP contribution < -0.4 is 10.2 Å². The van der Waals surface area contributed by atoms with Gasteiger partial charge in [0.2, 0.25) is 0 Å². The lowest BCUT2D eigenvalue weighted by atomic mass is 10.4. The second-order valence-electron chi connectivity index (χ2n) is 4.70. The maximum absolute atomic E-state index is 5.19. The van der Waals surface area contributed by atoms with Crippen LogP contribution in [0.3, 0.4) is 0 Å². The molecule has 0 aromatic carbocycles. The van der Waals surface area contributed by atoms with Crippen LogP contribution in [0, 0.1) is 0 Å². The van der Waals surface area contributed by atoms with Crippen LogP contribution in [-0.4, -0.2) is 42.8 Å². The van der Waals surface area contributed by atoms with Crippen molar-refractivity contribution in [1.82, 2.24) is 9.97 Å². The van der Waals surface area contributed by atoms with Gasteiger partial charge in [-0.05, 0) is 35.2 Å². The molecule has 1 aromatic rings. The average molecular weight is 329 g/mol. The highest BCUT2D eigenvalue weighted by Gasteiger charge is 2.31. The molecule has 1 aliphatic carbocycles. The Bertz CT molecular complexity index is 412. The van der Waals surface area contributed by atoms with E-state index in [9.17, 15) is 0 Å². The molecule has 1 aliphatic rings. The van der Waals surface area contributed by atoms with E-state index in [2.05, 4.69) is 43.0 Å². The fourth-order valence-electron chi connectivity index (χ4n) is 1.96. The van der Waals surface area contributed by atoms with Crippen molar-refractivity contribution in [2.24, 2.45) is 0 Å². The fraction of sp³-hybridized carbons (Fsp3) is 0.692. The Hall–Kier alpha value is -0.880. The second-order valence-corrected chi connectivity index (χ2v) is 5.50. The van der Waals surface area contributed by atoms with Crippen molar-refractivity contribution in [3.8, 4) is 0 Å². The molecule has 1 fully saturated rings. The monoisotopic (exact) mass is 328 g/mol. The van der Waals surface area contributed by atoms with E-state index in [0.717, 1.165) is 35.6 Å². The number of methoxy groups -OCH3 is 1. The van der Waals surface area contributed by atoms with E-state index in [1.54, 1.807) is 13.4 Å². The van der Waals surface area contributed by atoms with Gasteiger partial charge in [-0.3, -0.25) is 0 Å². The number of rotatable bonds is 8. The van der Waals surface area contributed by atoms with Gasteiger partial charge in [-0.2, -0.15) is 0 Å². The molecule has 1 aromatic heterocycles. The Morgan fingerprint density at radius 2 is 2.26 bits per heavy atom. The summed E-state index contributed by atoms with van der Waals surface area (Å²) in [5.41, 5.74) is 0. The summed E-state index contributed by atoms with van der Waals surface area (Å²) in [5, 5.41) is 3.32. The van der Waals surface area contributed by atoms with Gasteiger partial charge in [0, 0.05) is 26.2 Å². The molecule has 6 heteroatoms. The molecule has 106 valence electrons. The number of aromatic nitrogens is 2. The third kappa shape index (κ3) is 3.79. The van der Waals surface area contributed by atoms with Gasteiger partial charge in [0.15, 0.2) is 0 Å². The van der Waals surface area contributed by atoms with Crippen LogP contribution in [0.15, 0.2) is 10.8 Å². The van der Waals surface area contributed by atoms with Crippen LogP contribution in [0.2, 0.25) is 0 Å². The molecule has 1 heterocycles. The summed E-state index contributed by atoms with van der Waals surface area (Å²) < 4.78 is 6.14. The van der Waals surface area contributed by atoms with Gasteiger partial charge in [0.05, 0.1) is 6.61 Å². The van der Waals surface area contributed by atoms with E-state index in [0.29, 0.717) is 12.6 Å². The molecule has 1 N–H and O–H groups in total. The molecular weight excluding hydrogens is 308 g/mol. The lowest BCUT2D eigenvalue weighted by Crippen LogP contribution is -2.30. The molecule has 19 heavy (non-hydrogen) atoms. The van der Waals surface area contributed by atoms with Crippen molar-refractivity contribution in [2.45, 2.75) is 32.2 Å². The Kier molecular flexibility index (Phi) is 5.39. The van der Waals surface area contributed by atoms with Crippen molar-refractivity contribution in [2.75, 3.05) is 37.0 Å². The maximum atomic E-state index is 5.19. The lowest BCUT2D eigenvalue weighted by Gasteiger charge is -2.24. The number of halogens is 1. The van der Waals surface area contributed by atoms with E-state index in [4.69, 9.17) is 4.74 Å². The zero-order valence-electron chi connectivity index (χ0n) is 11.5. The minimum absolute atomic E-state index is 0.598. The SMILES string of the molecule is CCCNc1ncnc(N(CCOC)C2CC2)c1Br. The summed E-state index contributed by atoms with van der Waals surface area (Å²) in [4.78, 5) is 11.0. The summed E-state index contributed by atoms with van der Waals surface area (Å²) in [6.07, 6.45) is 5.16. The van der Waals surface area contributed by atoms with Crippen LogP contribution in [-0.2, 0) is 4.74 Å². The van der Waals surface area contributed by atoms with E-state index < -0.39 is 0 Å². The number of ether oxygens (including phenoxy) is 1. The largest absolute Gasteiger partial charge is 0.383 e. The Morgan fingerprint density at radius 3 is 2.89 bits per heavy atom. The first kappa shape index (κ1) is 14.5. The molecule has 0 spiro atoms. The molecule has 0 atom stereocenters. The van der Waals surface area contributed by atoms with Crippen molar-refractivity contribution >= 4 is 27.6 Å². The Balaban J connectivity index is 2.16. The van der Waals surface area contributed by atoms with E-state index in [1.807, 2.05) is 0 Å². The predicted octanol–water partition coefficient (Wildman–Crippen LogP) is 2.68. The average Bonchev–Trinajstić information content (AvgIpc) is 3.24. The van der Waals surface area contributed by atoms with Crippen LogP contribution in [0.5, 0.6) is 0 Å². The van der Waals surface area contributed by atoms with Crippen LogP contribution in [0.4, 0.5) is 11.6 Å². The molecule has 0 aliphatic heterocycles. The first-order valence-electron chi connectivity index (χ1n) is 6.77. The van der Waals surface area contributed by atoms with Gasteiger partial charge in [0.25, 0.3) is 0 Å². The van der Waals surface area contributed by atoms with Crippen LogP contribution >= 0.6 is 15.9 Å². The highest BCUT2D eigenvalue weighted by atomic mass is 79.9. The molecule has 0 radical (unpaired) electrons. The minimum atomic E-state index is 0.598. The van der Waals surface area contributed by atoms with E-state index >= 15 is 0 Å². The summed E-state index contributed by atoms with van der Waals surface area (Å²) >= 11 is 3.63. The van der Waals surface area contributed by atoms with Crippen LogP contribution in [0.1, 0.15) is 26.2 Å². The van der Waals surface area contributed by atoms with Gasteiger partial charge in [-0.15, -0.1) is 0 Å². The zero-order chi connectivity index (χ0) is 13.7. The molecule has 0 unspecified atom stereocenters. The fourth-order valence-corrected chi connectivity index (χ4v) is 2.54. The summed E-state index contributed by atoms with van der Waals surface area (Å²) in [6.45, 7) is 4.63.